The molecule has 4 N–H and O–H groups in total. The van der Waals surface area contributed by atoms with E-state index in [9.17, 15) is 9.90 Å². The van der Waals surface area contributed by atoms with Crippen molar-refractivity contribution in [2.75, 3.05) is 13.2 Å². The highest BCUT2D eigenvalue weighted by Gasteiger charge is 2.11. The summed E-state index contributed by atoms with van der Waals surface area (Å²) in [6.07, 6.45) is 3.96. The third-order valence-corrected chi connectivity index (χ3v) is 3.02. The highest BCUT2D eigenvalue weighted by molar-refractivity contribution is 5.76. The Morgan fingerprint density at radius 1 is 1.21 bits per heavy atom. The summed E-state index contributed by atoms with van der Waals surface area (Å²) in [5.41, 5.74) is 6.52. The van der Waals surface area contributed by atoms with E-state index in [4.69, 9.17) is 5.73 Å². The smallest absolute Gasteiger partial charge is 0.220 e. The summed E-state index contributed by atoms with van der Waals surface area (Å²) < 4.78 is 0. The van der Waals surface area contributed by atoms with Crippen LogP contribution in [0.2, 0.25) is 0 Å². The quantitative estimate of drug-likeness (QED) is 0.587. The number of carbonyl (C=O) groups excluding carboxylic acids is 1. The fourth-order valence-corrected chi connectivity index (χ4v) is 1.97. The van der Waals surface area contributed by atoms with Gasteiger partial charge in [-0.2, -0.15) is 0 Å². The zero-order valence-corrected chi connectivity index (χ0v) is 11.3. The Balaban J connectivity index is 2.29. The molecule has 19 heavy (non-hydrogen) atoms. The number of rotatable bonds is 9. The Labute approximate surface area is 115 Å². The van der Waals surface area contributed by atoms with Gasteiger partial charge in [0.25, 0.3) is 0 Å². The van der Waals surface area contributed by atoms with E-state index in [0.29, 0.717) is 19.4 Å². The summed E-state index contributed by atoms with van der Waals surface area (Å²) in [4.78, 5) is 11.7. The summed E-state index contributed by atoms with van der Waals surface area (Å²) >= 11 is 0. The van der Waals surface area contributed by atoms with Gasteiger partial charge >= 0.3 is 0 Å². The number of unbranched alkanes of at least 4 members (excludes halogenated alkanes) is 2. The van der Waals surface area contributed by atoms with Crippen LogP contribution in [0.5, 0.6) is 0 Å². The fourth-order valence-electron chi connectivity index (χ4n) is 1.97. The van der Waals surface area contributed by atoms with Crippen molar-refractivity contribution in [1.82, 2.24) is 5.32 Å². The lowest BCUT2D eigenvalue weighted by molar-refractivity contribution is -0.122. The molecule has 0 aliphatic heterocycles. The number of benzene rings is 1. The van der Waals surface area contributed by atoms with Crippen molar-refractivity contribution in [3.63, 3.8) is 0 Å². The van der Waals surface area contributed by atoms with Crippen LogP contribution in [-0.4, -0.2) is 30.2 Å². The monoisotopic (exact) mass is 264 g/mol. The first-order valence-electron chi connectivity index (χ1n) is 6.90. The third kappa shape index (κ3) is 6.94. The lowest BCUT2D eigenvalue weighted by Gasteiger charge is -2.16. The molecule has 1 aromatic rings. The molecule has 0 aromatic heterocycles. The average molecular weight is 264 g/mol. The largest absolute Gasteiger partial charge is 0.394 e. The number of aliphatic hydroxyl groups excluding tert-OH is 1. The molecule has 1 unspecified atom stereocenters. The van der Waals surface area contributed by atoms with E-state index in [1.54, 1.807) is 0 Å². The maximum Gasteiger partial charge on any atom is 0.220 e. The summed E-state index contributed by atoms with van der Waals surface area (Å²) in [6, 6.07) is 9.65. The zero-order chi connectivity index (χ0) is 13.9. The predicted molar refractivity (Wildman–Crippen MR) is 76.7 cm³/mol. The van der Waals surface area contributed by atoms with Crippen LogP contribution in [0.3, 0.4) is 0 Å². The normalized spacial score (nSPS) is 12.1. The molecule has 0 radical (unpaired) electrons. The Bertz CT molecular complexity index is 354. The second-order valence-electron chi connectivity index (χ2n) is 4.74. The minimum Gasteiger partial charge on any atom is -0.394 e. The van der Waals surface area contributed by atoms with Crippen molar-refractivity contribution in [2.24, 2.45) is 5.73 Å². The van der Waals surface area contributed by atoms with Gasteiger partial charge in [0.2, 0.25) is 5.91 Å². The maximum absolute atomic E-state index is 11.7. The summed E-state index contributed by atoms with van der Waals surface area (Å²) in [5.74, 6) is 0.00648. The van der Waals surface area contributed by atoms with Crippen molar-refractivity contribution >= 4 is 5.91 Å². The number of amides is 1. The second kappa shape index (κ2) is 9.53. The van der Waals surface area contributed by atoms with Crippen LogP contribution in [0, 0.1) is 0 Å². The number of aliphatic hydroxyl groups is 1. The first kappa shape index (κ1) is 15.7. The Hall–Kier alpha value is -1.39. The van der Waals surface area contributed by atoms with Crippen LogP contribution in [0.15, 0.2) is 30.3 Å². The molecular weight excluding hydrogens is 240 g/mol. The van der Waals surface area contributed by atoms with Crippen molar-refractivity contribution in [1.29, 1.82) is 0 Å². The lowest BCUT2D eigenvalue weighted by atomic mass is 10.1. The van der Waals surface area contributed by atoms with Gasteiger partial charge in [0.05, 0.1) is 12.6 Å². The molecule has 0 bridgehead atoms. The Kier molecular flexibility index (Phi) is 7.86. The van der Waals surface area contributed by atoms with Crippen LogP contribution < -0.4 is 11.1 Å². The molecule has 0 aliphatic carbocycles. The molecule has 4 nitrogen and oxygen atoms in total. The molecule has 0 saturated carbocycles. The summed E-state index contributed by atoms with van der Waals surface area (Å²) in [6.45, 7) is 0.637. The predicted octanol–water partition coefficient (Wildman–Crippen LogP) is 1.23. The minimum atomic E-state index is -0.204. The second-order valence-corrected chi connectivity index (χ2v) is 4.74. The van der Waals surface area contributed by atoms with Crippen molar-refractivity contribution in [2.45, 2.75) is 38.1 Å². The van der Waals surface area contributed by atoms with E-state index >= 15 is 0 Å². The van der Waals surface area contributed by atoms with Crippen molar-refractivity contribution in [3.8, 4) is 0 Å². The molecule has 0 heterocycles. The van der Waals surface area contributed by atoms with E-state index in [0.717, 1.165) is 24.8 Å². The number of nitrogens with one attached hydrogen (secondary N) is 1. The first-order chi connectivity index (χ1) is 9.26. The van der Waals surface area contributed by atoms with Gasteiger partial charge < -0.3 is 16.2 Å². The molecule has 0 aliphatic rings. The van der Waals surface area contributed by atoms with E-state index < -0.39 is 0 Å². The molecule has 1 rings (SSSR count). The third-order valence-electron chi connectivity index (χ3n) is 3.02. The van der Waals surface area contributed by atoms with Gasteiger partial charge in [-0.15, -0.1) is 0 Å². The molecule has 0 saturated heterocycles. The lowest BCUT2D eigenvalue weighted by Crippen LogP contribution is -2.38. The SMILES string of the molecule is NCCCCCC(=O)NC(CO)Cc1ccccc1. The molecule has 1 amide bonds. The first-order valence-corrected chi connectivity index (χ1v) is 6.90. The van der Waals surface area contributed by atoms with Crippen LogP contribution in [0.1, 0.15) is 31.2 Å². The van der Waals surface area contributed by atoms with Crippen LogP contribution in [-0.2, 0) is 11.2 Å². The molecular formula is C15H24N2O2. The van der Waals surface area contributed by atoms with Crippen LogP contribution in [0.25, 0.3) is 0 Å². The Morgan fingerprint density at radius 3 is 2.58 bits per heavy atom. The topological polar surface area (TPSA) is 75.4 Å². The van der Waals surface area contributed by atoms with Gasteiger partial charge in [-0.1, -0.05) is 36.8 Å². The molecule has 4 heteroatoms. The van der Waals surface area contributed by atoms with Gasteiger partial charge in [0.1, 0.15) is 0 Å². The highest BCUT2D eigenvalue weighted by Crippen LogP contribution is 2.04. The molecule has 1 atom stereocenters. The van der Waals surface area contributed by atoms with Crippen LogP contribution >= 0.6 is 0 Å². The minimum absolute atomic E-state index is 0.00648. The zero-order valence-electron chi connectivity index (χ0n) is 11.3. The van der Waals surface area contributed by atoms with Gasteiger partial charge in [-0.05, 0) is 31.4 Å². The van der Waals surface area contributed by atoms with Crippen molar-refractivity contribution in [3.05, 3.63) is 35.9 Å². The summed E-state index contributed by atoms with van der Waals surface area (Å²) in [7, 11) is 0. The highest BCUT2D eigenvalue weighted by atomic mass is 16.3. The summed E-state index contributed by atoms with van der Waals surface area (Å²) in [5, 5.41) is 12.2. The fraction of sp³-hybridized carbons (Fsp3) is 0.533. The van der Waals surface area contributed by atoms with Gasteiger partial charge in [-0.25, -0.2) is 0 Å². The number of carbonyl (C=O) groups is 1. The van der Waals surface area contributed by atoms with Gasteiger partial charge in [-0.3, -0.25) is 4.79 Å². The van der Waals surface area contributed by atoms with E-state index in [2.05, 4.69) is 5.32 Å². The molecule has 1 aromatic carbocycles. The molecule has 106 valence electrons. The number of hydrogen-bond donors (Lipinski definition) is 3. The number of nitrogens with two attached hydrogens (primary N) is 1. The molecule has 0 spiro atoms. The van der Waals surface area contributed by atoms with E-state index in [1.165, 1.54) is 0 Å². The average Bonchev–Trinajstić information content (AvgIpc) is 2.44. The van der Waals surface area contributed by atoms with Gasteiger partial charge in [0, 0.05) is 6.42 Å². The van der Waals surface area contributed by atoms with Gasteiger partial charge in [0.15, 0.2) is 0 Å². The van der Waals surface area contributed by atoms with Crippen LogP contribution in [0.4, 0.5) is 0 Å². The molecule has 0 fully saturated rings. The standard InChI is InChI=1S/C15H24N2O2/c16-10-6-2-5-9-15(19)17-14(12-18)11-13-7-3-1-4-8-13/h1,3-4,7-8,14,18H,2,5-6,9-12,16H2,(H,17,19). The Morgan fingerprint density at radius 2 is 1.95 bits per heavy atom. The number of hydrogen-bond acceptors (Lipinski definition) is 3. The maximum atomic E-state index is 11.7. The van der Waals surface area contributed by atoms with Crippen molar-refractivity contribution < 1.29 is 9.90 Å². The van der Waals surface area contributed by atoms with E-state index in [1.807, 2.05) is 30.3 Å². The van der Waals surface area contributed by atoms with E-state index in [-0.39, 0.29) is 18.6 Å².